The minimum absolute atomic E-state index is 0.790. The summed E-state index contributed by atoms with van der Waals surface area (Å²) in [4.78, 5) is 10.2. The number of furan rings is 1. The topological polar surface area (TPSA) is 53.7 Å². The van der Waals surface area contributed by atoms with Crippen LogP contribution in [0.4, 0.5) is 0 Å². The van der Waals surface area contributed by atoms with Gasteiger partial charge in [-0.2, -0.15) is 0 Å². The van der Waals surface area contributed by atoms with Gasteiger partial charge in [-0.3, -0.25) is 14.1 Å². The van der Waals surface area contributed by atoms with Crippen LogP contribution in [0.15, 0.2) is 217 Å². The second-order valence-corrected chi connectivity index (χ2v) is 15.8. The molecule has 0 saturated carbocycles. The summed E-state index contributed by atoms with van der Waals surface area (Å²) in [5.41, 5.74) is 14.4. The van der Waals surface area contributed by atoms with Crippen molar-refractivity contribution < 1.29 is 4.42 Å². The van der Waals surface area contributed by atoms with Gasteiger partial charge in [-0.1, -0.05) is 133 Å². The van der Waals surface area contributed by atoms with Gasteiger partial charge in [0.05, 0.1) is 22.1 Å². The van der Waals surface area contributed by atoms with Crippen LogP contribution in [0.2, 0.25) is 0 Å². The van der Waals surface area contributed by atoms with Crippen LogP contribution in [0.5, 0.6) is 0 Å². The Morgan fingerprint density at radius 3 is 1.77 bits per heavy atom. The van der Waals surface area contributed by atoms with E-state index in [1.807, 2.05) is 18.3 Å². The smallest absolute Gasteiger partial charge is 0.153 e. The van der Waals surface area contributed by atoms with E-state index in [1.165, 1.54) is 21.5 Å². The first-order valence-electron chi connectivity index (χ1n) is 20.9. The number of benzene rings is 8. The third-order valence-corrected chi connectivity index (χ3v) is 12.3. The third-order valence-electron chi connectivity index (χ3n) is 12.3. The van der Waals surface area contributed by atoms with Crippen molar-refractivity contribution in [2.24, 2.45) is 0 Å². The Morgan fingerprint density at radius 2 is 0.984 bits per heavy atom. The summed E-state index contributed by atoms with van der Waals surface area (Å²) in [5, 5.41) is 5.76. The lowest BCUT2D eigenvalue weighted by Gasteiger charge is -2.16. The van der Waals surface area contributed by atoms with E-state index in [4.69, 9.17) is 9.40 Å². The van der Waals surface area contributed by atoms with Crippen molar-refractivity contribution in [2.75, 3.05) is 0 Å². The quantitative estimate of drug-likeness (QED) is 0.168. The molecule has 0 bridgehead atoms. The van der Waals surface area contributed by atoms with Crippen molar-refractivity contribution in [2.45, 2.75) is 0 Å². The van der Waals surface area contributed by atoms with E-state index in [0.29, 0.717) is 0 Å². The zero-order valence-electron chi connectivity index (χ0n) is 33.4. The first-order valence-corrected chi connectivity index (χ1v) is 20.9. The summed E-state index contributed by atoms with van der Waals surface area (Å²) in [6, 6.07) is 73.2. The molecule has 6 nitrogen and oxygen atoms in total. The lowest BCUT2D eigenvalue weighted by molar-refractivity contribution is 0.668. The van der Waals surface area contributed by atoms with Crippen LogP contribution < -0.4 is 0 Å². The van der Waals surface area contributed by atoms with Crippen LogP contribution in [-0.4, -0.2) is 23.7 Å². The highest BCUT2D eigenvalue weighted by molar-refractivity contribution is 6.13. The molecule has 13 aromatic rings. The van der Waals surface area contributed by atoms with Crippen molar-refractivity contribution in [1.82, 2.24) is 23.7 Å². The molecule has 5 aromatic heterocycles. The predicted molar refractivity (Wildman–Crippen MR) is 254 cm³/mol. The lowest BCUT2D eigenvalue weighted by atomic mass is 10.0. The molecule has 62 heavy (non-hydrogen) atoms. The van der Waals surface area contributed by atoms with E-state index in [2.05, 4.69) is 213 Å². The fourth-order valence-corrected chi connectivity index (χ4v) is 9.54. The monoisotopic (exact) mass is 793 g/mol. The van der Waals surface area contributed by atoms with Crippen LogP contribution >= 0.6 is 0 Å². The minimum Gasteiger partial charge on any atom is -0.454 e. The van der Waals surface area contributed by atoms with Gasteiger partial charge in [0, 0.05) is 55.6 Å². The summed E-state index contributed by atoms with van der Waals surface area (Å²) in [6.45, 7) is 0. The number of nitrogens with zero attached hydrogens (tertiary/aromatic N) is 5. The lowest BCUT2D eigenvalue weighted by Crippen LogP contribution is -2.06. The second-order valence-electron chi connectivity index (χ2n) is 15.8. The number of pyridine rings is 1. The summed E-state index contributed by atoms with van der Waals surface area (Å²) in [6.07, 6.45) is 1.83. The van der Waals surface area contributed by atoms with Crippen LogP contribution in [0.1, 0.15) is 0 Å². The van der Waals surface area contributed by atoms with Gasteiger partial charge in [0.25, 0.3) is 0 Å². The van der Waals surface area contributed by atoms with E-state index in [0.717, 1.165) is 95.1 Å². The molecule has 0 aliphatic heterocycles. The first-order chi connectivity index (χ1) is 30.8. The maximum Gasteiger partial charge on any atom is 0.153 e. The molecule has 0 amide bonds. The average molecular weight is 794 g/mol. The number of hydrogen-bond acceptors (Lipinski definition) is 3. The summed E-state index contributed by atoms with van der Waals surface area (Å²) < 4.78 is 13.3. The molecule has 8 aromatic carbocycles. The Balaban J connectivity index is 1.05. The highest BCUT2D eigenvalue weighted by Gasteiger charge is 2.26. The molecular weight excluding hydrogens is 759 g/mol. The largest absolute Gasteiger partial charge is 0.454 e. The van der Waals surface area contributed by atoms with Crippen molar-refractivity contribution in [1.29, 1.82) is 0 Å². The molecule has 5 heterocycles. The molecule has 0 N–H and O–H groups in total. The molecule has 0 atom stereocenters. The molecule has 290 valence electrons. The molecule has 0 radical (unpaired) electrons. The SMILES string of the molecule is c1ccc(-c2nc(-c3ccccc3)n(-c3ccccc3)c2-n2c3ccccc3c3cc(-c4ccc5c6ccccc6n(-c6ccc7oc8cccnc8c7c6)c5c4)ccc32)cc1. The van der Waals surface area contributed by atoms with Crippen molar-refractivity contribution in [3.8, 4) is 51.0 Å². The average Bonchev–Trinajstić information content (AvgIpc) is 4.09. The Labute approximate surface area is 355 Å². The van der Waals surface area contributed by atoms with Crippen LogP contribution in [0, 0.1) is 0 Å². The number of aromatic nitrogens is 5. The molecule has 6 heteroatoms. The van der Waals surface area contributed by atoms with Crippen molar-refractivity contribution in [3.63, 3.8) is 0 Å². The van der Waals surface area contributed by atoms with E-state index in [9.17, 15) is 0 Å². The number of hydrogen-bond donors (Lipinski definition) is 0. The summed E-state index contributed by atoms with van der Waals surface area (Å²) >= 11 is 0. The molecule has 0 aliphatic carbocycles. The van der Waals surface area contributed by atoms with Crippen LogP contribution in [0.25, 0.3) is 117 Å². The standard InChI is InChI=1S/C56H35N5O/c1-4-15-36(16-5-1)53-56(60(40-19-8-3-9-20-40)55(58-53)37-17-6-2-7-18-37)61-48-24-13-11-22-43(48)45-33-38(27-30-49(45)61)39-26-29-44-42-21-10-12-23-47(42)59(50(44)34-39)41-28-31-51-46(35-41)54-52(62-51)25-14-32-57-54/h1-35H. The van der Waals surface area contributed by atoms with Crippen molar-refractivity contribution >= 4 is 65.7 Å². The van der Waals surface area contributed by atoms with E-state index >= 15 is 0 Å². The highest BCUT2D eigenvalue weighted by Crippen LogP contribution is 2.42. The van der Waals surface area contributed by atoms with Crippen LogP contribution in [0.3, 0.4) is 0 Å². The molecule has 13 rings (SSSR count). The maximum atomic E-state index is 6.17. The Morgan fingerprint density at radius 1 is 0.355 bits per heavy atom. The molecular formula is C56H35N5O. The second kappa shape index (κ2) is 13.5. The van der Waals surface area contributed by atoms with Gasteiger partial charge >= 0.3 is 0 Å². The zero-order valence-corrected chi connectivity index (χ0v) is 33.4. The predicted octanol–water partition coefficient (Wildman–Crippen LogP) is 14.4. The number of rotatable bonds is 6. The highest BCUT2D eigenvalue weighted by atomic mass is 16.3. The van der Waals surface area contributed by atoms with Gasteiger partial charge in [0.15, 0.2) is 11.4 Å². The fourth-order valence-electron chi connectivity index (χ4n) is 9.54. The molecule has 0 aliphatic rings. The van der Waals surface area contributed by atoms with Gasteiger partial charge in [0.1, 0.15) is 22.6 Å². The third kappa shape index (κ3) is 5.17. The van der Waals surface area contributed by atoms with Gasteiger partial charge in [-0.05, 0) is 83.9 Å². The number of para-hydroxylation sites is 3. The summed E-state index contributed by atoms with van der Waals surface area (Å²) in [7, 11) is 0. The fraction of sp³-hybridized carbons (Fsp3) is 0. The molecule has 0 unspecified atom stereocenters. The molecule has 0 spiro atoms. The Hall–Kier alpha value is -8.48. The van der Waals surface area contributed by atoms with Crippen LogP contribution in [-0.2, 0) is 0 Å². The molecule has 0 saturated heterocycles. The van der Waals surface area contributed by atoms with Gasteiger partial charge in [-0.25, -0.2) is 4.98 Å². The molecule has 0 fully saturated rings. The van der Waals surface area contributed by atoms with E-state index in [1.54, 1.807) is 0 Å². The van der Waals surface area contributed by atoms with Crippen molar-refractivity contribution in [3.05, 3.63) is 212 Å². The van der Waals surface area contributed by atoms with Gasteiger partial charge in [-0.15, -0.1) is 0 Å². The van der Waals surface area contributed by atoms with E-state index < -0.39 is 0 Å². The van der Waals surface area contributed by atoms with Gasteiger partial charge < -0.3 is 8.98 Å². The number of imidazole rings is 1. The minimum atomic E-state index is 0.790. The summed E-state index contributed by atoms with van der Waals surface area (Å²) in [5.74, 6) is 1.87. The normalized spacial score (nSPS) is 11.9. The first kappa shape index (κ1) is 34.4. The maximum absolute atomic E-state index is 6.17. The van der Waals surface area contributed by atoms with E-state index in [-0.39, 0.29) is 0 Å². The number of fused-ring (bicyclic) bond motifs is 9. The Bertz CT molecular complexity index is 3860. The Kier molecular flexibility index (Phi) is 7.50. The zero-order chi connectivity index (χ0) is 40.7. The van der Waals surface area contributed by atoms with Gasteiger partial charge in [0.2, 0.25) is 0 Å².